The smallest absolute Gasteiger partial charge is 0.325 e. The molecule has 0 aliphatic carbocycles. The Morgan fingerprint density at radius 2 is 2.13 bits per heavy atom. The van der Waals surface area contributed by atoms with Gasteiger partial charge in [-0.3, -0.25) is 9.59 Å². The van der Waals surface area contributed by atoms with Crippen LogP contribution in [0.3, 0.4) is 0 Å². The van der Waals surface area contributed by atoms with E-state index >= 15 is 0 Å². The van der Waals surface area contributed by atoms with Crippen LogP contribution in [0.4, 0.5) is 0 Å². The number of thiophene rings is 1. The SMILES string of the molecule is COC(=O)Cn1c(=NC(=O)c2cccs2)sc2cc(C)ccc21. The van der Waals surface area contributed by atoms with Crippen LogP contribution in [-0.4, -0.2) is 23.6 Å². The molecule has 3 rings (SSSR count). The van der Waals surface area contributed by atoms with Gasteiger partial charge in [-0.25, -0.2) is 0 Å². The number of rotatable bonds is 3. The first kappa shape index (κ1) is 15.6. The third kappa shape index (κ3) is 3.25. The van der Waals surface area contributed by atoms with E-state index < -0.39 is 0 Å². The lowest BCUT2D eigenvalue weighted by Crippen LogP contribution is -2.22. The fourth-order valence-electron chi connectivity index (χ4n) is 2.15. The van der Waals surface area contributed by atoms with Gasteiger partial charge in [-0.2, -0.15) is 4.99 Å². The number of thiazole rings is 1. The molecule has 0 atom stereocenters. The van der Waals surface area contributed by atoms with Crippen LogP contribution in [0.2, 0.25) is 0 Å². The van der Waals surface area contributed by atoms with Gasteiger partial charge in [-0.05, 0) is 36.1 Å². The largest absolute Gasteiger partial charge is 0.468 e. The third-order valence-corrected chi connectivity index (χ3v) is 5.18. The molecular formula is C16H14N2O3S2. The van der Waals surface area contributed by atoms with Crippen molar-refractivity contribution in [3.8, 4) is 0 Å². The Hall–Kier alpha value is -2.25. The van der Waals surface area contributed by atoms with Gasteiger partial charge in [0, 0.05) is 0 Å². The Morgan fingerprint density at radius 3 is 2.83 bits per heavy atom. The minimum Gasteiger partial charge on any atom is -0.468 e. The van der Waals surface area contributed by atoms with Crippen LogP contribution in [0.15, 0.2) is 40.7 Å². The number of aromatic nitrogens is 1. The molecule has 3 aromatic rings. The second-order valence-electron chi connectivity index (χ2n) is 4.91. The summed E-state index contributed by atoms with van der Waals surface area (Å²) in [6.45, 7) is 2.02. The van der Waals surface area contributed by atoms with Crippen molar-refractivity contribution in [1.29, 1.82) is 0 Å². The van der Waals surface area contributed by atoms with Gasteiger partial charge in [-0.15, -0.1) is 11.3 Å². The number of amides is 1. The highest BCUT2D eigenvalue weighted by Gasteiger charge is 2.12. The third-order valence-electron chi connectivity index (χ3n) is 3.28. The van der Waals surface area contributed by atoms with Crippen molar-refractivity contribution < 1.29 is 14.3 Å². The number of carbonyl (C=O) groups excluding carboxylic acids is 2. The Labute approximate surface area is 140 Å². The summed E-state index contributed by atoms with van der Waals surface area (Å²) in [5, 5.41) is 1.83. The summed E-state index contributed by atoms with van der Waals surface area (Å²) in [5.41, 5.74) is 1.98. The second kappa shape index (κ2) is 6.47. The van der Waals surface area contributed by atoms with Crippen LogP contribution in [0, 0.1) is 6.92 Å². The molecule has 0 bridgehead atoms. The molecule has 0 aliphatic rings. The summed E-state index contributed by atoms with van der Waals surface area (Å²) in [4.78, 5) is 29.2. The fourth-order valence-corrected chi connectivity index (χ4v) is 3.89. The number of carbonyl (C=O) groups is 2. The molecule has 0 saturated carbocycles. The van der Waals surface area contributed by atoms with E-state index in [-0.39, 0.29) is 18.4 Å². The lowest BCUT2D eigenvalue weighted by molar-refractivity contribution is -0.141. The maximum Gasteiger partial charge on any atom is 0.325 e. The lowest BCUT2D eigenvalue weighted by Gasteiger charge is -2.03. The first-order valence-corrected chi connectivity index (χ1v) is 8.57. The highest BCUT2D eigenvalue weighted by Crippen LogP contribution is 2.19. The van der Waals surface area contributed by atoms with Gasteiger partial charge in [0.1, 0.15) is 6.54 Å². The predicted octanol–water partition coefficient (Wildman–Crippen LogP) is 2.99. The number of nitrogens with zero attached hydrogens (tertiary/aromatic N) is 2. The molecule has 7 heteroatoms. The number of aryl methyl sites for hydroxylation is 1. The van der Waals surface area contributed by atoms with Gasteiger partial charge in [0.15, 0.2) is 4.80 Å². The standard InChI is InChI=1S/C16H14N2O3S2/c1-10-5-6-11-13(8-10)23-16(18(11)9-14(19)21-2)17-15(20)12-4-3-7-22-12/h3-8H,9H2,1-2H3. The zero-order valence-electron chi connectivity index (χ0n) is 12.6. The molecule has 0 fully saturated rings. The molecule has 0 aliphatic heterocycles. The molecule has 118 valence electrons. The average molecular weight is 346 g/mol. The molecule has 0 saturated heterocycles. The van der Waals surface area contributed by atoms with Crippen molar-refractivity contribution in [2.45, 2.75) is 13.5 Å². The van der Waals surface area contributed by atoms with Crippen LogP contribution < -0.4 is 4.80 Å². The van der Waals surface area contributed by atoms with Crippen molar-refractivity contribution in [3.05, 3.63) is 51.0 Å². The number of ether oxygens (including phenoxy) is 1. The molecule has 2 heterocycles. The Balaban J connectivity index is 2.16. The average Bonchev–Trinajstić information content (AvgIpc) is 3.16. The minimum absolute atomic E-state index is 0.0239. The summed E-state index contributed by atoms with van der Waals surface area (Å²) < 4.78 is 7.45. The Morgan fingerprint density at radius 1 is 1.30 bits per heavy atom. The number of methoxy groups -OCH3 is 1. The van der Waals surface area contributed by atoms with E-state index in [9.17, 15) is 9.59 Å². The van der Waals surface area contributed by atoms with E-state index in [1.165, 1.54) is 29.8 Å². The molecule has 23 heavy (non-hydrogen) atoms. The molecule has 0 spiro atoms. The summed E-state index contributed by atoms with van der Waals surface area (Å²) in [7, 11) is 1.34. The normalized spacial score (nSPS) is 11.8. The van der Waals surface area contributed by atoms with Gasteiger partial charge in [0.25, 0.3) is 5.91 Å². The van der Waals surface area contributed by atoms with Crippen molar-refractivity contribution >= 4 is 44.8 Å². The van der Waals surface area contributed by atoms with E-state index in [1.54, 1.807) is 10.6 Å². The van der Waals surface area contributed by atoms with Gasteiger partial charge in [0.05, 0.1) is 22.2 Å². The first-order chi connectivity index (χ1) is 11.1. The van der Waals surface area contributed by atoms with Crippen molar-refractivity contribution in [2.24, 2.45) is 4.99 Å². The van der Waals surface area contributed by atoms with Gasteiger partial charge in [-0.1, -0.05) is 23.5 Å². The number of esters is 1. The maximum atomic E-state index is 12.2. The van der Waals surface area contributed by atoms with Crippen LogP contribution in [-0.2, 0) is 16.1 Å². The number of hydrogen-bond acceptors (Lipinski definition) is 5. The zero-order valence-corrected chi connectivity index (χ0v) is 14.2. The molecule has 5 nitrogen and oxygen atoms in total. The van der Waals surface area contributed by atoms with Gasteiger partial charge in [0.2, 0.25) is 0 Å². The zero-order chi connectivity index (χ0) is 16.4. The first-order valence-electron chi connectivity index (χ1n) is 6.88. The fraction of sp³-hybridized carbons (Fsp3) is 0.188. The van der Waals surface area contributed by atoms with Crippen LogP contribution in [0.25, 0.3) is 10.2 Å². The molecule has 2 aromatic heterocycles. The molecular weight excluding hydrogens is 332 g/mol. The topological polar surface area (TPSA) is 60.7 Å². The van der Waals surface area contributed by atoms with Gasteiger partial charge >= 0.3 is 5.97 Å². The van der Waals surface area contributed by atoms with Crippen molar-refractivity contribution in [2.75, 3.05) is 7.11 Å². The molecule has 0 unspecified atom stereocenters. The van der Waals surface area contributed by atoms with Crippen LogP contribution in [0.5, 0.6) is 0 Å². The van der Waals surface area contributed by atoms with E-state index in [0.29, 0.717) is 9.68 Å². The van der Waals surface area contributed by atoms with Crippen LogP contribution in [0.1, 0.15) is 15.2 Å². The molecule has 1 aromatic carbocycles. The summed E-state index contributed by atoms with van der Waals surface area (Å²) in [5.74, 6) is -0.683. The molecule has 1 amide bonds. The van der Waals surface area contributed by atoms with Crippen LogP contribution >= 0.6 is 22.7 Å². The van der Waals surface area contributed by atoms with Crippen molar-refractivity contribution in [1.82, 2.24) is 4.57 Å². The quantitative estimate of drug-likeness (QED) is 0.685. The van der Waals surface area contributed by atoms with E-state index in [1.807, 2.05) is 36.6 Å². The van der Waals surface area contributed by atoms with E-state index in [4.69, 9.17) is 4.74 Å². The molecule has 0 radical (unpaired) electrons. The van der Waals surface area contributed by atoms with E-state index in [2.05, 4.69) is 4.99 Å². The van der Waals surface area contributed by atoms with Gasteiger partial charge < -0.3 is 9.30 Å². The maximum absolute atomic E-state index is 12.2. The second-order valence-corrected chi connectivity index (χ2v) is 6.87. The monoisotopic (exact) mass is 346 g/mol. The highest BCUT2D eigenvalue weighted by molar-refractivity contribution is 7.16. The predicted molar refractivity (Wildman–Crippen MR) is 90.8 cm³/mol. The number of benzene rings is 1. The Bertz CT molecular complexity index is 936. The Kier molecular flexibility index (Phi) is 4.40. The molecule has 0 N–H and O–H groups in total. The number of fused-ring (bicyclic) bond motifs is 1. The highest BCUT2D eigenvalue weighted by atomic mass is 32.1. The van der Waals surface area contributed by atoms with Crippen molar-refractivity contribution in [3.63, 3.8) is 0 Å². The summed E-state index contributed by atoms with van der Waals surface area (Å²) in [6, 6.07) is 9.46. The summed E-state index contributed by atoms with van der Waals surface area (Å²) in [6.07, 6.45) is 0. The summed E-state index contributed by atoms with van der Waals surface area (Å²) >= 11 is 2.73. The minimum atomic E-state index is -0.379. The number of hydrogen-bond donors (Lipinski definition) is 0. The lowest BCUT2D eigenvalue weighted by atomic mass is 10.2. The van der Waals surface area contributed by atoms with E-state index in [0.717, 1.165) is 15.8 Å².